The van der Waals surface area contributed by atoms with Crippen LogP contribution in [0.4, 0.5) is 0 Å². The molecule has 0 bridgehead atoms. The second kappa shape index (κ2) is 4.69. The molecule has 1 aliphatic carbocycles. The number of fused-ring (bicyclic) bond motifs is 2. The molecule has 2 aliphatic heterocycles. The van der Waals surface area contributed by atoms with Gasteiger partial charge in [0.05, 0.1) is 0 Å². The number of carbonyl (C=O) groups is 1. The highest BCUT2D eigenvalue weighted by Gasteiger charge is 2.31. The van der Waals surface area contributed by atoms with Crippen LogP contribution in [-0.2, 0) is 17.8 Å². The topological polar surface area (TPSA) is 38.8 Å². The Bertz CT molecular complexity index is 551. The van der Waals surface area contributed by atoms with Gasteiger partial charge in [-0.05, 0) is 42.5 Å². The fourth-order valence-electron chi connectivity index (χ4n) is 3.19. The van der Waals surface area contributed by atoms with Gasteiger partial charge >= 0.3 is 0 Å². The molecule has 4 nitrogen and oxygen atoms in total. The molecule has 0 radical (unpaired) electrons. The van der Waals surface area contributed by atoms with Crippen LogP contribution in [0.3, 0.4) is 0 Å². The van der Waals surface area contributed by atoms with Gasteiger partial charge in [-0.3, -0.25) is 4.79 Å². The lowest BCUT2D eigenvalue weighted by atomic mass is 9.83. The molecule has 1 amide bonds. The highest BCUT2D eigenvalue weighted by atomic mass is 16.6. The maximum absolute atomic E-state index is 12.3. The summed E-state index contributed by atoms with van der Waals surface area (Å²) in [6.07, 6.45) is 4.27. The fraction of sp³-hybridized carbons (Fsp3) is 0.562. The lowest BCUT2D eigenvalue weighted by molar-refractivity contribution is -0.139. The van der Waals surface area contributed by atoms with Gasteiger partial charge in [0, 0.05) is 19.0 Å². The Kier molecular flexibility index (Phi) is 2.83. The SMILES string of the molecule is O=C(C1CCC1)N1CCc2cc3c(cc2C1)OCCO3. The van der Waals surface area contributed by atoms with Gasteiger partial charge in [-0.2, -0.15) is 0 Å². The standard InChI is InChI=1S/C16H19NO3/c18-16(11-2-1-3-11)17-5-4-12-8-14-15(9-13(12)10-17)20-7-6-19-14/h8-9,11H,1-7,10H2. The van der Waals surface area contributed by atoms with E-state index in [1.807, 2.05) is 4.90 Å². The van der Waals surface area contributed by atoms with Crippen LogP contribution in [-0.4, -0.2) is 30.6 Å². The van der Waals surface area contributed by atoms with Gasteiger partial charge < -0.3 is 14.4 Å². The van der Waals surface area contributed by atoms with Crippen molar-refractivity contribution in [3.05, 3.63) is 23.3 Å². The highest BCUT2D eigenvalue weighted by Crippen LogP contribution is 2.36. The molecule has 3 aliphatic rings. The predicted octanol–water partition coefficient (Wildman–Crippen LogP) is 2.14. The first kappa shape index (κ1) is 12.1. The maximum Gasteiger partial charge on any atom is 0.225 e. The zero-order valence-corrected chi connectivity index (χ0v) is 11.6. The molecule has 0 unspecified atom stereocenters. The van der Waals surface area contributed by atoms with E-state index in [-0.39, 0.29) is 5.92 Å². The normalized spacial score (nSPS) is 21.1. The average Bonchev–Trinajstić information content (AvgIpc) is 2.42. The van der Waals surface area contributed by atoms with E-state index in [0.29, 0.717) is 19.1 Å². The molecule has 1 aromatic rings. The molecule has 0 saturated heterocycles. The molecule has 1 aromatic carbocycles. The van der Waals surface area contributed by atoms with Crippen molar-refractivity contribution >= 4 is 5.91 Å². The van der Waals surface area contributed by atoms with Crippen molar-refractivity contribution in [3.8, 4) is 11.5 Å². The Morgan fingerprint density at radius 3 is 2.45 bits per heavy atom. The molecule has 0 N–H and O–H groups in total. The molecule has 0 aromatic heterocycles. The first-order valence-corrected chi connectivity index (χ1v) is 7.51. The molecule has 0 atom stereocenters. The third kappa shape index (κ3) is 1.94. The van der Waals surface area contributed by atoms with E-state index in [4.69, 9.17) is 9.47 Å². The molecule has 1 saturated carbocycles. The van der Waals surface area contributed by atoms with Crippen LogP contribution >= 0.6 is 0 Å². The number of carbonyl (C=O) groups excluding carboxylic acids is 1. The molecule has 4 rings (SSSR count). The summed E-state index contributed by atoms with van der Waals surface area (Å²) in [5.74, 6) is 2.31. The fourth-order valence-corrected chi connectivity index (χ4v) is 3.19. The Morgan fingerprint density at radius 1 is 1.10 bits per heavy atom. The van der Waals surface area contributed by atoms with Gasteiger partial charge in [-0.15, -0.1) is 0 Å². The van der Waals surface area contributed by atoms with E-state index in [9.17, 15) is 4.79 Å². The van der Waals surface area contributed by atoms with Gasteiger partial charge in [-0.25, -0.2) is 0 Å². The lowest BCUT2D eigenvalue weighted by Gasteiger charge is -2.35. The minimum absolute atomic E-state index is 0.286. The van der Waals surface area contributed by atoms with Gasteiger partial charge in [0.1, 0.15) is 13.2 Å². The predicted molar refractivity (Wildman–Crippen MR) is 73.9 cm³/mol. The number of rotatable bonds is 1. The van der Waals surface area contributed by atoms with Crippen molar-refractivity contribution in [1.29, 1.82) is 0 Å². The Hall–Kier alpha value is -1.71. The summed E-state index contributed by atoms with van der Waals surface area (Å²) in [6, 6.07) is 4.15. The molecule has 1 fully saturated rings. The average molecular weight is 273 g/mol. The quantitative estimate of drug-likeness (QED) is 0.787. The molecule has 20 heavy (non-hydrogen) atoms. The van der Waals surface area contributed by atoms with Crippen LogP contribution in [0.1, 0.15) is 30.4 Å². The van der Waals surface area contributed by atoms with E-state index >= 15 is 0 Å². The van der Waals surface area contributed by atoms with E-state index in [1.54, 1.807) is 0 Å². The monoisotopic (exact) mass is 273 g/mol. The molecular formula is C16H19NO3. The van der Waals surface area contributed by atoms with Gasteiger partial charge in [-0.1, -0.05) is 6.42 Å². The Morgan fingerprint density at radius 2 is 1.80 bits per heavy atom. The second-order valence-corrected chi connectivity index (χ2v) is 5.90. The second-order valence-electron chi connectivity index (χ2n) is 5.90. The number of amides is 1. The number of ether oxygens (including phenoxy) is 2. The minimum atomic E-state index is 0.286. The number of benzene rings is 1. The van der Waals surface area contributed by atoms with Crippen LogP contribution in [0.5, 0.6) is 11.5 Å². The van der Waals surface area contributed by atoms with Crippen molar-refractivity contribution in [2.75, 3.05) is 19.8 Å². The lowest BCUT2D eigenvalue weighted by Crippen LogP contribution is -2.41. The van der Waals surface area contributed by atoms with Crippen molar-refractivity contribution in [2.24, 2.45) is 5.92 Å². The van der Waals surface area contributed by atoms with Crippen LogP contribution in [0.15, 0.2) is 12.1 Å². The summed E-state index contributed by atoms with van der Waals surface area (Å²) in [4.78, 5) is 14.4. The van der Waals surface area contributed by atoms with Crippen LogP contribution in [0.2, 0.25) is 0 Å². The zero-order valence-electron chi connectivity index (χ0n) is 11.6. The molecule has 2 heterocycles. The zero-order chi connectivity index (χ0) is 13.5. The highest BCUT2D eigenvalue weighted by molar-refractivity contribution is 5.80. The van der Waals surface area contributed by atoms with Crippen LogP contribution in [0, 0.1) is 5.92 Å². The van der Waals surface area contributed by atoms with E-state index in [0.717, 1.165) is 43.9 Å². The largest absolute Gasteiger partial charge is 0.486 e. The summed E-state index contributed by atoms with van der Waals surface area (Å²) >= 11 is 0. The van der Waals surface area contributed by atoms with Gasteiger partial charge in [0.25, 0.3) is 0 Å². The van der Waals surface area contributed by atoms with Gasteiger partial charge in [0.2, 0.25) is 5.91 Å². The first-order chi connectivity index (χ1) is 9.81. The maximum atomic E-state index is 12.3. The van der Waals surface area contributed by atoms with Crippen LogP contribution < -0.4 is 9.47 Å². The number of hydrogen-bond acceptors (Lipinski definition) is 3. The third-order valence-corrected chi connectivity index (χ3v) is 4.64. The summed E-state index contributed by atoms with van der Waals surface area (Å²) < 4.78 is 11.3. The molecule has 106 valence electrons. The smallest absolute Gasteiger partial charge is 0.225 e. The van der Waals surface area contributed by atoms with Crippen molar-refractivity contribution < 1.29 is 14.3 Å². The summed E-state index contributed by atoms with van der Waals surface area (Å²) in [5, 5.41) is 0. The van der Waals surface area contributed by atoms with Crippen LogP contribution in [0.25, 0.3) is 0 Å². The van der Waals surface area contributed by atoms with E-state index in [1.165, 1.54) is 17.5 Å². The number of hydrogen-bond donors (Lipinski definition) is 0. The van der Waals surface area contributed by atoms with Crippen molar-refractivity contribution in [1.82, 2.24) is 4.90 Å². The molecule has 0 spiro atoms. The number of nitrogens with zero attached hydrogens (tertiary/aromatic N) is 1. The van der Waals surface area contributed by atoms with E-state index in [2.05, 4.69) is 12.1 Å². The van der Waals surface area contributed by atoms with E-state index < -0.39 is 0 Å². The summed E-state index contributed by atoms with van der Waals surface area (Å²) in [6.45, 7) is 2.79. The van der Waals surface area contributed by atoms with Crippen molar-refractivity contribution in [3.63, 3.8) is 0 Å². The van der Waals surface area contributed by atoms with Crippen molar-refractivity contribution in [2.45, 2.75) is 32.2 Å². The molecule has 4 heteroatoms. The van der Waals surface area contributed by atoms with Gasteiger partial charge in [0.15, 0.2) is 11.5 Å². The molecular weight excluding hydrogens is 254 g/mol. The Labute approximate surface area is 118 Å². The first-order valence-electron chi connectivity index (χ1n) is 7.51. The summed E-state index contributed by atoms with van der Waals surface area (Å²) in [7, 11) is 0. The summed E-state index contributed by atoms with van der Waals surface area (Å²) in [5.41, 5.74) is 2.51. The third-order valence-electron chi connectivity index (χ3n) is 4.64. The minimum Gasteiger partial charge on any atom is -0.486 e. The Balaban J connectivity index is 1.57.